The molecule has 4 nitrogen and oxygen atoms in total. The summed E-state index contributed by atoms with van der Waals surface area (Å²) < 4.78 is 11.0. The number of hydrogen-bond acceptors (Lipinski definition) is 4. The zero-order chi connectivity index (χ0) is 16.4. The van der Waals surface area contributed by atoms with Crippen LogP contribution < -0.4 is 9.64 Å². The van der Waals surface area contributed by atoms with E-state index in [4.69, 9.17) is 9.47 Å². The first-order valence-electron chi connectivity index (χ1n) is 9.49. The van der Waals surface area contributed by atoms with Gasteiger partial charge in [-0.15, -0.1) is 0 Å². The average molecular weight is 330 g/mol. The van der Waals surface area contributed by atoms with Crippen LogP contribution in [-0.2, 0) is 4.74 Å². The Labute approximate surface area is 145 Å². The number of benzene rings is 1. The highest BCUT2D eigenvalue weighted by molar-refractivity contribution is 5.49. The Hall–Kier alpha value is -1.26. The fourth-order valence-corrected chi connectivity index (χ4v) is 4.81. The van der Waals surface area contributed by atoms with Gasteiger partial charge in [-0.05, 0) is 62.9 Å². The number of hydrogen-bond donors (Lipinski definition) is 0. The molecule has 3 fully saturated rings. The fourth-order valence-electron chi connectivity index (χ4n) is 4.81. The molecule has 1 aromatic carbocycles. The minimum atomic E-state index is 0.478. The highest BCUT2D eigenvalue weighted by Crippen LogP contribution is 2.39. The monoisotopic (exact) mass is 330 g/mol. The Kier molecular flexibility index (Phi) is 4.68. The molecular weight excluding hydrogens is 300 g/mol. The summed E-state index contributed by atoms with van der Waals surface area (Å²) in [4.78, 5) is 5.30. The SMILES string of the molecule is COc1ccc(N2CCC(N3CCC[C@]4(CCOC4)C3)CC2)cc1. The Morgan fingerprint density at radius 1 is 1.08 bits per heavy atom. The standard InChI is InChI=1S/C20H30N2O2/c1-23-19-5-3-17(4-6-19)21-12-7-18(8-13-21)22-11-2-9-20(15-22)10-14-24-16-20/h3-6,18H,2,7-16H2,1H3/t20-/m0/s1. The van der Waals surface area contributed by atoms with Crippen molar-refractivity contribution < 1.29 is 9.47 Å². The van der Waals surface area contributed by atoms with Crippen molar-refractivity contribution in [1.82, 2.24) is 4.90 Å². The van der Waals surface area contributed by atoms with E-state index in [9.17, 15) is 0 Å². The third-order valence-electron chi connectivity index (χ3n) is 6.29. The van der Waals surface area contributed by atoms with E-state index in [0.29, 0.717) is 5.41 Å². The molecule has 0 unspecified atom stereocenters. The van der Waals surface area contributed by atoms with Crippen molar-refractivity contribution in [3.8, 4) is 5.75 Å². The smallest absolute Gasteiger partial charge is 0.119 e. The van der Waals surface area contributed by atoms with Gasteiger partial charge in [0.2, 0.25) is 0 Å². The quantitative estimate of drug-likeness (QED) is 0.850. The summed E-state index contributed by atoms with van der Waals surface area (Å²) in [6.45, 7) is 6.85. The van der Waals surface area contributed by atoms with Crippen LogP contribution in [0.4, 0.5) is 5.69 Å². The van der Waals surface area contributed by atoms with E-state index in [1.165, 1.54) is 50.9 Å². The van der Waals surface area contributed by atoms with Crippen LogP contribution in [0.15, 0.2) is 24.3 Å². The van der Waals surface area contributed by atoms with E-state index >= 15 is 0 Å². The summed E-state index contributed by atoms with van der Waals surface area (Å²) in [5.74, 6) is 0.936. The zero-order valence-corrected chi connectivity index (χ0v) is 14.9. The maximum atomic E-state index is 5.72. The normalized spacial score (nSPS) is 29.3. The largest absolute Gasteiger partial charge is 0.497 e. The Morgan fingerprint density at radius 3 is 2.54 bits per heavy atom. The maximum Gasteiger partial charge on any atom is 0.119 e. The summed E-state index contributed by atoms with van der Waals surface area (Å²) >= 11 is 0. The summed E-state index contributed by atoms with van der Waals surface area (Å²) in [7, 11) is 1.72. The molecule has 0 N–H and O–H groups in total. The second-order valence-corrected chi connectivity index (χ2v) is 7.79. The van der Waals surface area contributed by atoms with Gasteiger partial charge in [-0.25, -0.2) is 0 Å². The molecule has 0 bridgehead atoms. The van der Waals surface area contributed by atoms with Crippen molar-refractivity contribution in [2.75, 3.05) is 51.4 Å². The molecule has 4 rings (SSSR count). The van der Waals surface area contributed by atoms with Crippen molar-refractivity contribution in [1.29, 1.82) is 0 Å². The van der Waals surface area contributed by atoms with Crippen molar-refractivity contribution in [3.63, 3.8) is 0 Å². The maximum absolute atomic E-state index is 5.72. The molecular formula is C20H30N2O2. The molecule has 3 heterocycles. The number of nitrogens with zero attached hydrogens (tertiary/aromatic N) is 2. The molecule has 0 saturated carbocycles. The van der Waals surface area contributed by atoms with E-state index in [2.05, 4.69) is 34.1 Å². The van der Waals surface area contributed by atoms with Gasteiger partial charge < -0.3 is 14.4 Å². The molecule has 4 heteroatoms. The molecule has 0 radical (unpaired) electrons. The molecule has 1 atom stereocenters. The molecule has 3 aliphatic heterocycles. The molecule has 0 aliphatic carbocycles. The molecule has 1 spiro atoms. The lowest BCUT2D eigenvalue weighted by molar-refractivity contribution is 0.0364. The molecule has 3 saturated heterocycles. The number of likely N-dealkylation sites (tertiary alicyclic amines) is 1. The number of piperidine rings is 2. The van der Waals surface area contributed by atoms with Crippen molar-refractivity contribution >= 4 is 5.69 Å². The average Bonchev–Trinajstić information content (AvgIpc) is 3.09. The fraction of sp³-hybridized carbons (Fsp3) is 0.700. The summed E-state index contributed by atoms with van der Waals surface area (Å²) in [6, 6.07) is 9.26. The summed E-state index contributed by atoms with van der Waals surface area (Å²) in [6.07, 6.45) is 6.55. The van der Waals surface area contributed by atoms with Crippen LogP contribution in [0, 0.1) is 5.41 Å². The minimum Gasteiger partial charge on any atom is -0.497 e. The van der Waals surface area contributed by atoms with Gasteiger partial charge in [0.05, 0.1) is 13.7 Å². The Morgan fingerprint density at radius 2 is 1.88 bits per heavy atom. The predicted molar refractivity (Wildman–Crippen MR) is 96.9 cm³/mol. The minimum absolute atomic E-state index is 0.478. The lowest BCUT2D eigenvalue weighted by Gasteiger charge is -2.46. The van der Waals surface area contributed by atoms with Crippen LogP contribution in [0.2, 0.25) is 0 Å². The van der Waals surface area contributed by atoms with Crippen molar-refractivity contribution in [3.05, 3.63) is 24.3 Å². The first kappa shape index (κ1) is 16.2. The highest BCUT2D eigenvalue weighted by atomic mass is 16.5. The van der Waals surface area contributed by atoms with Gasteiger partial charge in [0.25, 0.3) is 0 Å². The van der Waals surface area contributed by atoms with Gasteiger partial charge in [-0.3, -0.25) is 4.90 Å². The topological polar surface area (TPSA) is 24.9 Å². The molecule has 3 aliphatic rings. The van der Waals surface area contributed by atoms with Crippen molar-refractivity contribution in [2.24, 2.45) is 5.41 Å². The van der Waals surface area contributed by atoms with E-state index in [-0.39, 0.29) is 0 Å². The summed E-state index contributed by atoms with van der Waals surface area (Å²) in [5.41, 5.74) is 1.80. The molecule has 1 aromatic rings. The lowest BCUT2D eigenvalue weighted by atomic mass is 9.78. The van der Waals surface area contributed by atoms with Gasteiger partial charge in [-0.1, -0.05) is 0 Å². The highest BCUT2D eigenvalue weighted by Gasteiger charge is 2.40. The van der Waals surface area contributed by atoms with E-state index in [0.717, 1.165) is 38.1 Å². The first-order valence-corrected chi connectivity index (χ1v) is 9.49. The van der Waals surface area contributed by atoms with Gasteiger partial charge in [-0.2, -0.15) is 0 Å². The Balaban J connectivity index is 1.33. The van der Waals surface area contributed by atoms with Crippen LogP contribution >= 0.6 is 0 Å². The van der Waals surface area contributed by atoms with Crippen LogP contribution in [0.1, 0.15) is 32.1 Å². The van der Waals surface area contributed by atoms with Crippen LogP contribution in [0.25, 0.3) is 0 Å². The number of methoxy groups -OCH3 is 1. The number of anilines is 1. The van der Waals surface area contributed by atoms with E-state index < -0.39 is 0 Å². The van der Waals surface area contributed by atoms with Crippen molar-refractivity contribution in [2.45, 2.75) is 38.1 Å². The number of ether oxygens (including phenoxy) is 2. The Bertz CT molecular complexity index is 531. The number of rotatable bonds is 3. The second-order valence-electron chi connectivity index (χ2n) is 7.79. The molecule has 0 aromatic heterocycles. The third-order valence-corrected chi connectivity index (χ3v) is 6.29. The molecule has 0 amide bonds. The van der Waals surface area contributed by atoms with Gasteiger partial charge in [0.15, 0.2) is 0 Å². The van der Waals surface area contributed by atoms with Crippen LogP contribution in [0.5, 0.6) is 5.75 Å². The second kappa shape index (κ2) is 6.93. The van der Waals surface area contributed by atoms with Crippen LogP contribution in [0.3, 0.4) is 0 Å². The zero-order valence-electron chi connectivity index (χ0n) is 14.9. The van der Waals surface area contributed by atoms with Gasteiger partial charge >= 0.3 is 0 Å². The predicted octanol–water partition coefficient (Wildman–Crippen LogP) is 3.17. The summed E-state index contributed by atoms with van der Waals surface area (Å²) in [5, 5.41) is 0. The molecule has 24 heavy (non-hydrogen) atoms. The molecule has 132 valence electrons. The van der Waals surface area contributed by atoms with E-state index in [1.807, 2.05) is 0 Å². The van der Waals surface area contributed by atoms with Gasteiger partial charge in [0, 0.05) is 43.4 Å². The lowest BCUT2D eigenvalue weighted by Crippen LogP contribution is -2.52. The first-order chi connectivity index (χ1) is 11.8. The van der Waals surface area contributed by atoms with Crippen LogP contribution in [-0.4, -0.2) is 57.4 Å². The third kappa shape index (κ3) is 3.27. The van der Waals surface area contributed by atoms with E-state index in [1.54, 1.807) is 7.11 Å². The van der Waals surface area contributed by atoms with Gasteiger partial charge in [0.1, 0.15) is 5.75 Å².